The highest BCUT2D eigenvalue weighted by molar-refractivity contribution is 7.09. The maximum absolute atomic E-state index is 12.3. The highest BCUT2D eigenvalue weighted by atomic mass is 32.1. The summed E-state index contributed by atoms with van der Waals surface area (Å²) in [5.74, 6) is 0. The van der Waals surface area contributed by atoms with Crippen LogP contribution in [-0.2, 0) is 16.1 Å². The Labute approximate surface area is 137 Å². The largest absolute Gasteiger partial charge is 0.444 e. The SMILES string of the molecule is CCC1(OCc2cccs2)CCCN(C(=O)OC(C)(C)C)C1. The molecule has 0 aliphatic carbocycles. The van der Waals surface area contributed by atoms with Crippen LogP contribution < -0.4 is 0 Å². The number of nitrogens with zero attached hydrogens (tertiary/aromatic N) is 1. The zero-order chi connectivity index (χ0) is 16.2. The molecule has 0 radical (unpaired) electrons. The number of rotatable bonds is 4. The first kappa shape index (κ1) is 17.3. The summed E-state index contributed by atoms with van der Waals surface area (Å²) in [6, 6.07) is 4.12. The molecule has 1 saturated heterocycles. The molecule has 1 amide bonds. The van der Waals surface area contributed by atoms with Gasteiger partial charge in [0.1, 0.15) is 5.60 Å². The van der Waals surface area contributed by atoms with E-state index >= 15 is 0 Å². The Morgan fingerprint density at radius 2 is 2.23 bits per heavy atom. The average Bonchev–Trinajstić information content (AvgIpc) is 2.97. The van der Waals surface area contributed by atoms with E-state index in [2.05, 4.69) is 18.4 Å². The van der Waals surface area contributed by atoms with Gasteiger partial charge < -0.3 is 14.4 Å². The van der Waals surface area contributed by atoms with Crippen molar-refractivity contribution in [2.24, 2.45) is 0 Å². The molecule has 1 atom stereocenters. The smallest absolute Gasteiger partial charge is 0.410 e. The molecule has 4 nitrogen and oxygen atoms in total. The van der Waals surface area contributed by atoms with Crippen LogP contribution in [0.4, 0.5) is 4.79 Å². The van der Waals surface area contributed by atoms with Gasteiger partial charge in [-0.3, -0.25) is 0 Å². The van der Waals surface area contributed by atoms with Crippen molar-refractivity contribution in [2.45, 2.75) is 64.8 Å². The van der Waals surface area contributed by atoms with Gasteiger partial charge in [0, 0.05) is 11.4 Å². The summed E-state index contributed by atoms with van der Waals surface area (Å²) < 4.78 is 11.7. The molecule has 0 aromatic carbocycles. The Balaban J connectivity index is 1.97. The summed E-state index contributed by atoms with van der Waals surface area (Å²) in [4.78, 5) is 15.3. The van der Waals surface area contributed by atoms with Gasteiger partial charge in [-0.2, -0.15) is 0 Å². The summed E-state index contributed by atoms with van der Waals surface area (Å²) in [5, 5.41) is 2.06. The Kier molecular flexibility index (Phi) is 5.50. The second kappa shape index (κ2) is 7.01. The third-order valence-corrected chi connectivity index (χ3v) is 4.79. The molecule has 2 heterocycles. The minimum absolute atomic E-state index is 0.232. The van der Waals surface area contributed by atoms with Crippen LogP contribution in [0.3, 0.4) is 0 Å². The molecule has 0 saturated carbocycles. The number of hydrogen-bond acceptors (Lipinski definition) is 4. The van der Waals surface area contributed by atoms with Gasteiger partial charge in [-0.1, -0.05) is 13.0 Å². The van der Waals surface area contributed by atoms with Crippen LogP contribution in [0.2, 0.25) is 0 Å². The molecular formula is C17H27NO3S. The van der Waals surface area contributed by atoms with Crippen molar-refractivity contribution < 1.29 is 14.3 Å². The molecule has 1 aromatic rings. The molecule has 1 fully saturated rings. The van der Waals surface area contributed by atoms with Gasteiger partial charge in [-0.25, -0.2) is 4.79 Å². The molecule has 0 spiro atoms. The summed E-state index contributed by atoms with van der Waals surface area (Å²) in [5.41, 5.74) is -0.708. The van der Waals surface area contributed by atoms with Crippen LogP contribution in [-0.4, -0.2) is 35.3 Å². The second-order valence-corrected chi connectivity index (χ2v) is 7.94. The molecule has 1 aliphatic rings. The van der Waals surface area contributed by atoms with Crippen molar-refractivity contribution in [3.05, 3.63) is 22.4 Å². The fourth-order valence-electron chi connectivity index (χ4n) is 2.71. The zero-order valence-electron chi connectivity index (χ0n) is 14.1. The molecular weight excluding hydrogens is 298 g/mol. The van der Waals surface area contributed by atoms with E-state index in [4.69, 9.17) is 9.47 Å². The molecule has 1 unspecified atom stereocenters. The van der Waals surface area contributed by atoms with Crippen molar-refractivity contribution in [3.8, 4) is 0 Å². The average molecular weight is 325 g/mol. The highest BCUT2D eigenvalue weighted by Crippen LogP contribution is 2.31. The molecule has 124 valence electrons. The Bertz CT molecular complexity index is 481. The van der Waals surface area contributed by atoms with Crippen LogP contribution in [0.1, 0.15) is 51.8 Å². The molecule has 22 heavy (non-hydrogen) atoms. The van der Waals surface area contributed by atoms with Gasteiger partial charge in [0.2, 0.25) is 0 Å². The van der Waals surface area contributed by atoms with E-state index in [0.29, 0.717) is 13.2 Å². The van der Waals surface area contributed by atoms with E-state index < -0.39 is 5.60 Å². The van der Waals surface area contributed by atoms with E-state index in [0.717, 1.165) is 25.8 Å². The number of piperidine rings is 1. The molecule has 2 rings (SSSR count). The molecule has 1 aliphatic heterocycles. The fourth-order valence-corrected chi connectivity index (χ4v) is 3.32. The summed E-state index contributed by atoms with van der Waals surface area (Å²) in [6.07, 6.45) is 2.62. The number of carbonyl (C=O) groups excluding carboxylic acids is 1. The van der Waals surface area contributed by atoms with E-state index in [1.54, 1.807) is 16.2 Å². The number of carbonyl (C=O) groups is 1. The van der Waals surface area contributed by atoms with E-state index in [9.17, 15) is 4.79 Å². The maximum atomic E-state index is 12.3. The van der Waals surface area contributed by atoms with Crippen molar-refractivity contribution >= 4 is 17.4 Å². The molecule has 0 bridgehead atoms. The van der Waals surface area contributed by atoms with Crippen LogP contribution in [0.15, 0.2) is 17.5 Å². The third kappa shape index (κ3) is 4.71. The minimum atomic E-state index is -0.457. The lowest BCUT2D eigenvalue weighted by Gasteiger charge is -2.42. The number of ether oxygens (including phenoxy) is 2. The Hall–Kier alpha value is -1.07. The van der Waals surface area contributed by atoms with Crippen LogP contribution in [0.5, 0.6) is 0 Å². The van der Waals surface area contributed by atoms with Gasteiger partial charge >= 0.3 is 6.09 Å². The van der Waals surface area contributed by atoms with Crippen LogP contribution >= 0.6 is 11.3 Å². The zero-order valence-corrected chi connectivity index (χ0v) is 14.9. The van der Waals surface area contributed by atoms with Gasteiger partial charge in [-0.05, 0) is 51.5 Å². The van der Waals surface area contributed by atoms with Crippen molar-refractivity contribution in [3.63, 3.8) is 0 Å². The van der Waals surface area contributed by atoms with E-state index in [1.165, 1.54) is 4.88 Å². The predicted molar refractivity (Wildman–Crippen MR) is 89.2 cm³/mol. The fraction of sp³-hybridized carbons (Fsp3) is 0.706. The van der Waals surface area contributed by atoms with Gasteiger partial charge in [0.15, 0.2) is 0 Å². The first-order chi connectivity index (χ1) is 10.3. The lowest BCUT2D eigenvalue weighted by Crippen LogP contribution is -2.52. The van der Waals surface area contributed by atoms with E-state index in [-0.39, 0.29) is 11.7 Å². The third-order valence-electron chi connectivity index (χ3n) is 3.94. The van der Waals surface area contributed by atoms with Crippen molar-refractivity contribution in [2.75, 3.05) is 13.1 Å². The van der Waals surface area contributed by atoms with Crippen LogP contribution in [0.25, 0.3) is 0 Å². The van der Waals surface area contributed by atoms with Gasteiger partial charge in [0.25, 0.3) is 0 Å². The molecule has 5 heteroatoms. The lowest BCUT2D eigenvalue weighted by molar-refractivity contribution is -0.101. The summed E-state index contributed by atoms with van der Waals surface area (Å²) in [6.45, 7) is 9.81. The highest BCUT2D eigenvalue weighted by Gasteiger charge is 2.38. The monoisotopic (exact) mass is 325 g/mol. The van der Waals surface area contributed by atoms with E-state index in [1.807, 2.05) is 26.8 Å². The molecule has 1 aromatic heterocycles. The summed E-state index contributed by atoms with van der Waals surface area (Å²) in [7, 11) is 0. The maximum Gasteiger partial charge on any atom is 0.410 e. The second-order valence-electron chi connectivity index (χ2n) is 6.91. The predicted octanol–water partition coefficient (Wildman–Crippen LogP) is 4.44. The lowest BCUT2D eigenvalue weighted by atomic mass is 9.90. The Morgan fingerprint density at radius 3 is 2.82 bits per heavy atom. The number of thiophene rings is 1. The first-order valence-electron chi connectivity index (χ1n) is 7.98. The quantitative estimate of drug-likeness (QED) is 0.821. The topological polar surface area (TPSA) is 38.8 Å². The van der Waals surface area contributed by atoms with Gasteiger partial charge in [-0.15, -0.1) is 11.3 Å². The normalized spacial score (nSPS) is 22.6. The van der Waals surface area contributed by atoms with Crippen molar-refractivity contribution in [1.29, 1.82) is 0 Å². The minimum Gasteiger partial charge on any atom is -0.444 e. The summed E-state index contributed by atoms with van der Waals surface area (Å²) >= 11 is 1.71. The standard InChI is InChI=1S/C17H27NO3S/c1-5-17(20-12-14-8-6-11-22-14)9-7-10-18(13-17)15(19)21-16(2,3)4/h6,8,11H,5,7,9-10,12-13H2,1-4H3. The number of hydrogen-bond donors (Lipinski definition) is 0. The Morgan fingerprint density at radius 1 is 1.45 bits per heavy atom. The number of likely N-dealkylation sites (tertiary alicyclic amines) is 1. The van der Waals surface area contributed by atoms with Crippen molar-refractivity contribution in [1.82, 2.24) is 4.90 Å². The van der Waals surface area contributed by atoms with Gasteiger partial charge in [0.05, 0.1) is 18.8 Å². The molecule has 0 N–H and O–H groups in total. The first-order valence-corrected chi connectivity index (χ1v) is 8.86. The number of amides is 1. The van der Waals surface area contributed by atoms with Crippen LogP contribution in [0, 0.1) is 0 Å².